The van der Waals surface area contributed by atoms with Crippen LogP contribution in [-0.2, 0) is 4.74 Å². The molecule has 5 nitrogen and oxygen atoms in total. The van der Waals surface area contributed by atoms with Crippen LogP contribution >= 0.6 is 0 Å². The molecule has 1 aromatic carbocycles. The van der Waals surface area contributed by atoms with Gasteiger partial charge in [0, 0.05) is 38.3 Å². The monoisotopic (exact) mass is 277 g/mol. The summed E-state index contributed by atoms with van der Waals surface area (Å²) in [5, 5.41) is 2.85. The Labute approximate surface area is 120 Å². The summed E-state index contributed by atoms with van der Waals surface area (Å²) in [7, 11) is 1.73. The summed E-state index contributed by atoms with van der Waals surface area (Å²) in [5.41, 5.74) is 8.18. The van der Waals surface area contributed by atoms with Crippen molar-refractivity contribution in [3.8, 4) is 0 Å². The molecule has 0 aromatic heterocycles. The zero-order valence-corrected chi connectivity index (χ0v) is 12.2. The molecule has 1 aliphatic rings. The van der Waals surface area contributed by atoms with Gasteiger partial charge in [0.2, 0.25) is 0 Å². The van der Waals surface area contributed by atoms with Gasteiger partial charge in [-0.25, -0.2) is 0 Å². The van der Waals surface area contributed by atoms with Crippen molar-refractivity contribution in [2.45, 2.75) is 13.3 Å². The van der Waals surface area contributed by atoms with E-state index < -0.39 is 0 Å². The highest BCUT2D eigenvalue weighted by Crippen LogP contribution is 2.29. The Morgan fingerprint density at radius 2 is 2.35 bits per heavy atom. The molecule has 0 spiro atoms. The zero-order chi connectivity index (χ0) is 14.5. The van der Waals surface area contributed by atoms with Gasteiger partial charge >= 0.3 is 0 Å². The normalized spacial score (nSPS) is 18.3. The van der Waals surface area contributed by atoms with Gasteiger partial charge in [-0.15, -0.1) is 0 Å². The van der Waals surface area contributed by atoms with Crippen LogP contribution in [0, 0.1) is 5.92 Å². The number of methoxy groups -OCH3 is 1. The van der Waals surface area contributed by atoms with Crippen molar-refractivity contribution >= 4 is 17.3 Å². The standard InChI is InChI=1S/C15H23N3O2/c1-3-17-15(19)13-5-4-12(16)8-14(13)18-7-6-11(9-18)10-20-2/h4-5,8,11H,3,6-7,9-10,16H2,1-2H3,(H,17,19). The smallest absolute Gasteiger partial charge is 0.253 e. The van der Waals surface area contributed by atoms with Gasteiger partial charge in [-0.2, -0.15) is 0 Å². The molecule has 5 heteroatoms. The number of hydrogen-bond donors (Lipinski definition) is 2. The van der Waals surface area contributed by atoms with Crippen LogP contribution in [0.2, 0.25) is 0 Å². The number of benzene rings is 1. The van der Waals surface area contributed by atoms with E-state index in [2.05, 4.69) is 10.2 Å². The SMILES string of the molecule is CCNC(=O)c1ccc(N)cc1N1CCC(COC)C1. The van der Waals surface area contributed by atoms with Gasteiger partial charge in [-0.3, -0.25) is 4.79 Å². The maximum absolute atomic E-state index is 12.1. The number of carbonyl (C=O) groups excluding carboxylic acids is 1. The summed E-state index contributed by atoms with van der Waals surface area (Å²) in [6.07, 6.45) is 1.08. The van der Waals surface area contributed by atoms with E-state index in [1.54, 1.807) is 19.2 Å². The van der Waals surface area contributed by atoms with E-state index in [0.717, 1.165) is 31.8 Å². The zero-order valence-electron chi connectivity index (χ0n) is 12.2. The highest BCUT2D eigenvalue weighted by atomic mass is 16.5. The molecule has 0 aliphatic carbocycles. The molecule has 1 aliphatic heterocycles. The number of hydrogen-bond acceptors (Lipinski definition) is 4. The first-order chi connectivity index (χ1) is 9.65. The van der Waals surface area contributed by atoms with Crippen LogP contribution in [0.3, 0.4) is 0 Å². The molecule has 1 fully saturated rings. The Bertz CT molecular complexity index is 476. The van der Waals surface area contributed by atoms with Crippen molar-refractivity contribution in [3.63, 3.8) is 0 Å². The lowest BCUT2D eigenvalue weighted by molar-refractivity contribution is 0.0956. The fourth-order valence-electron chi connectivity index (χ4n) is 2.68. The van der Waals surface area contributed by atoms with Crippen molar-refractivity contribution in [3.05, 3.63) is 23.8 Å². The Morgan fingerprint density at radius 3 is 3.05 bits per heavy atom. The van der Waals surface area contributed by atoms with E-state index in [0.29, 0.717) is 23.7 Å². The van der Waals surface area contributed by atoms with Crippen molar-refractivity contribution in [2.75, 3.05) is 44.0 Å². The summed E-state index contributed by atoms with van der Waals surface area (Å²) < 4.78 is 5.22. The molecule has 0 saturated carbocycles. The van der Waals surface area contributed by atoms with E-state index in [1.807, 2.05) is 13.0 Å². The van der Waals surface area contributed by atoms with Crippen LogP contribution in [0.1, 0.15) is 23.7 Å². The van der Waals surface area contributed by atoms with Crippen LogP contribution in [0.15, 0.2) is 18.2 Å². The Hall–Kier alpha value is -1.75. The van der Waals surface area contributed by atoms with Crippen molar-refractivity contribution < 1.29 is 9.53 Å². The molecule has 1 heterocycles. The molecule has 20 heavy (non-hydrogen) atoms. The third-order valence-corrected chi connectivity index (χ3v) is 3.63. The molecular weight excluding hydrogens is 254 g/mol. The number of anilines is 2. The highest BCUT2D eigenvalue weighted by Gasteiger charge is 2.25. The second-order valence-electron chi connectivity index (χ2n) is 5.19. The molecule has 110 valence electrons. The molecule has 1 unspecified atom stereocenters. The van der Waals surface area contributed by atoms with Gasteiger partial charge in [0.05, 0.1) is 17.9 Å². The van der Waals surface area contributed by atoms with Gasteiger partial charge < -0.3 is 20.7 Å². The number of ether oxygens (including phenoxy) is 1. The maximum Gasteiger partial charge on any atom is 0.253 e. The van der Waals surface area contributed by atoms with E-state index >= 15 is 0 Å². The predicted molar refractivity (Wildman–Crippen MR) is 81.1 cm³/mol. The molecule has 3 N–H and O–H groups in total. The van der Waals surface area contributed by atoms with Crippen LogP contribution in [0.25, 0.3) is 0 Å². The molecule has 0 bridgehead atoms. The fourth-order valence-corrected chi connectivity index (χ4v) is 2.68. The Kier molecular flexibility index (Phi) is 4.84. The molecule has 0 radical (unpaired) electrons. The van der Waals surface area contributed by atoms with Crippen LogP contribution in [0.5, 0.6) is 0 Å². The molecule has 2 rings (SSSR count). The number of nitrogens with zero attached hydrogens (tertiary/aromatic N) is 1. The van der Waals surface area contributed by atoms with Crippen LogP contribution in [-0.4, -0.2) is 39.3 Å². The van der Waals surface area contributed by atoms with Gasteiger partial charge in [0.15, 0.2) is 0 Å². The third kappa shape index (κ3) is 3.22. The number of nitrogens with one attached hydrogen (secondary N) is 1. The minimum Gasteiger partial charge on any atom is -0.399 e. The van der Waals surface area contributed by atoms with Gasteiger partial charge in [-0.1, -0.05) is 0 Å². The van der Waals surface area contributed by atoms with E-state index in [1.165, 1.54) is 0 Å². The first kappa shape index (κ1) is 14.7. The Morgan fingerprint density at radius 1 is 1.55 bits per heavy atom. The lowest BCUT2D eigenvalue weighted by atomic mass is 10.1. The third-order valence-electron chi connectivity index (χ3n) is 3.63. The summed E-state index contributed by atoms with van der Waals surface area (Å²) in [4.78, 5) is 14.4. The number of rotatable bonds is 5. The lowest BCUT2D eigenvalue weighted by Gasteiger charge is -2.22. The average molecular weight is 277 g/mol. The van der Waals surface area contributed by atoms with Crippen LogP contribution < -0.4 is 16.0 Å². The van der Waals surface area contributed by atoms with Gasteiger partial charge in [-0.05, 0) is 31.5 Å². The molecule has 1 aromatic rings. The number of amides is 1. The molecular formula is C15H23N3O2. The van der Waals surface area contributed by atoms with Crippen molar-refractivity contribution in [1.82, 2.24) is 5.32 Å². The minimum absolute atomic E-state index is 0.0438. The minimum atomic E-state index is -0.0438. The summed E-state index contributed by atoms with van der Waals surface area (Å²) in [5.74, 6) is 0.473. The summed E-state index contributed by atoms with van der Waals surface area (Å²) in [6.45, 7) is 5.14. The first-order valence-electron chi connectivity index (χ1n) is 7.07. The van der Waals surface area contributed by atoms with Gasteiger partial charge in [0.1, 0.15) is 0 Å². The second-order valence-corrected chi connectivity index (χ2v) is 5.19. The lowest BCUT2D eigenvalue weighted by Crippen LogP contribution is -2.28. The van der Waals surface area contributed by atoms with E-state index in [9.17, 15) is 4.79 Å². The quantitative estimate of drug-likeness (QED) is 0.800. The number of carbonyl (C=O) groups is 1. The average Bonchev–Trinajstić information content (AvgIpc) is 2.88. The van der Waals surface area contributed by atoms with Crippen molar-refractivity contribution in [2.24, 2.45) is 5.92 Å². The number of nitrogen functional groups attached to an aromatic ring is 1. The molecule has 1 atom stereocenters. The van der Waals surface area contributed by atoms with E-state index in [4.69, 9.17) is 10.5 Å². The topological polar surface area (TPSA) is 67.6 Å². The van der Waals surface area contributed by atoms with Crippen LogP contribution in [0.4, 0.5) is 11.4 Å². The Balaban J connectivity index is 2.22. The number of nitrogens with two attached hydrogens (primary N) is 1. The van der Waals surface area contributed by atoms with Crippen molar-refractivity contribution in [1.29, 1.82) is 0 Å². The maximum atomic E-state index is 12.1. The molecule has 1 amide bonds. The predicted octanol–water partition coefficient (Wildman–Crippen LogP) is 1.49. The first-order valence-corrected chi connectivity index (χ1v) is 7.07. The van der Waals surface area contributed by atoms with Gasteiger partial charge in [0.25, 0.3) is 5.91 Å². The summed E-state index contributed by atoms with van der Waals surface area (Å²) in [6, 6.07) is 5.47. The fraction of sp³-hybridized carbons (Fsp3) is 0.533. The van der Waals surface area contributed by atoms with E-state index in [-0.39, 0.29) is 5.91 Å². The largest absolute Gasteiger partial charge is 0.399 e. The summed E-state index contributed by atoms with van der Waals surface area (Å²) >= 11 is 0. The highest BCUT2D eigenvalue weighted by molar-refractivity contribution is 6.00. The molecule has 1 saturated heterocycles. The second kappa shape index (κ2) is 6.61.